The lowest BCUT2D eigenvalue weighted by Crippen LogP contribution is -2.08. The first-order chi connectivity index (χ1) is 7.93. The molecule has 0 heterocycles. The minimum Gasteiger partial charge on any atom is -0.0622 e. The van der Waals surface area contributed by atoms with E-state index in [0.717, 1.165) is 5.92 Å². The zero-order valence-electron chi connectivity index (χ0n) is 9.27. The summed E-state index contributed by atoms with van der Waals surface area (Å²) in [6, 6.07) is 19.6. The van der Waals surface area contributed by atoms with E-state index in [1.165, 1.54) is 29.5 Å². The molecule has 0 spiro atoms. The fraction of sp³-hybridized carbons (Fsp3) is 0.188. The molecule has 0 aromatic heterocycles. The number of rotatable bonds is 2. The molecule has 0 heteroatoms. The summed E-state index contributed by atoms with van der Waals surface area (Å²) in [6.07, 6.45) is 4.87. The largest absolute Gasteiger partial charge is 0.0622 e. The van der Waals surface area contributed by atoms with Crippen LogP contribution in [0.15, 0.2) is 54.6 Å². The zero-order chi connectivity index (χ0) is 10.8. The Kier molecular flexibility index (Phi) is 2.49. The third kappa shape index (κ3) is 1.76. The van der Waals surface area contributed by atoms with Gasteiger partial charge in [-0.3, -0.25) is 0 Å². The summed E-state index contributed by atoms with van der Waals surface area (Å²) in [4.78, 5) is 0. The molecule has 1 radical (unpaired) electrons. The van der Waals surface area contributed by atoms with E-state index in [4.69, 9.17) is 0 Å². The predicted molar refractivity (Wildman–Crippen MR) is 68.2 cm³/mol. The van der Waals surface area contributed by atoms with Gasteiger partial charge in [0, 0.05) is 0 Å². The highest BCUT2D eigenvalue weighted by Crippen LogP contribution is 2.36. The van der Waals surface area contributed by atoms with E-state index in [2.05, 4.69) is 61.0 Å². The first-order valence-electron chi connectivity index (χ1n) is 5.90. The Hall–Kier alpha value is -1.56. The maximum Gasteiger partial charge on any atom is -0.0156 e. The van der Waals surface area contributed by atoms with Crippen molar-refractivity contribution in [2.45, 2.75) is 18.8 Å². The summed E-state index contributed by atoms with van der Waals surface area (Å²) in [6.45, 7) is 0. The third-order valence-corrected chi connectivity index (χ3v) is 3.39. The minimum atomic E-state index is 0.782. The maximum absolute atomic E-state index is 2.36. The Morgan fingerprint density at radius 1 is 0.688 bits per heavy atom. The molecule has 79 valence electrons. The number of benzene rings is 2. The first kappa shape index (κ1) is 9.65. The summed E-state index contributed by atoms with van der Waals surface area (Å²) < 4.78 is 0. The molecule has 0 aliphatic heterocycles. The normalized spacial score (nSPS) is 15.8. The van der Waals surface area contributed by atoms with Crippen molar-refractivity contribution in [3.05, 3.63) is 66.6 Å². The standard InChI is InChI=1S/C16H15/c1-2-5-13(6-3-1)15-9-11-16(12-10-15)14-7-4-8-14/h1-6,9-12,14H,7-8H2. The van der Waals surface area contributed by atoms with Crippen LogP contribution in [0.1, 0.15) is 24.3 Å². The highest BCUT2D eigenvalue weighted by Gasteiger charge is 2.19. The number of hydrogen-bond acceptors (Lipinski definition) is 0. The zero-order valence-corrected chi connectivity index (χ0v) is 9.27. The Morgan fingerprint density at radius 3 is 1.88 bits per heavy atom. The van der Waals surface area contributed by atoms with Crippen LogP contribution in [0.2, 0.25) is 0 Å². The van der Waals surface area contributed by atoms with Gasteiger partial charge in [-0.05, 0) is 41.9 Å². The SMILES string of the molecule is [CH]1CC(c2ccc(-c3ccccc3)cc2)C1. The monoisotopic (exact) mass is 207 g/mol. The van der Waals surface area contributed by atoms with Crippen LogP contribution in [0.4, 0.5) is 0 Å². The van der Waals surface area contributed by atoms with Gasteiger partial charge in [0.05, 0.1) is 0 Å². The summed E-state index contributed by atoms with van der Waals surface area (Å²) in [7, 11) is 0. The van der Waals surface area contributed by atoms with Crippen LogP contribution >= 0.6 is 0 Å². The molecule has 0 unspecified atom stereocenters. The van der Waals surface area contributed by atoms with Crippen molar-refractivity contribution in [3.8, 4) is 11.1 Å². The molecule has 1 aliphatic rings. The maximum atomic E-state index is 2.36. The van der Waals surface area contributed by atoms with Crippen molar-refractivity contribution in [2.24, 2.45) is 0 Å². The lowest BCUT2D eigenvalue weighted by atomic mass is 9.80. The molecule has 3 rings (SSSR count). The van der Waals surface area contributed by atoms with Crippen molar-refractivity contribution >= 4 is 0 Å². The molecule has 2 aromatic carbocycles. The van der Waals surface area contributed by atoms with E-state index in [-0.39, 0.29) is 0 Å². The molecular weight excluding hydrogens is 192 g/mol. The molecule has 1 aliphatic carbocycles. The van der Waals surface area contributed by atoms with Gasteiger partial charge in [-0.25, -0.2) is 0 Å². The number of hydrogen-bond donors (Lipinski definition) is 0. The van der Waals surface area contributed by atoms with Crippen LogP contribution in [0.5, 0.6) is 0 Å². The summed E-state index contributed by atoms with van der Waals surface area (Å²) in [5.41, 5.74) is 4.10. The highest BCUT2D eigenvalue weighted by atomic mass is 14.2. The second kappa shape index (κ2) is 4.13. The second-order valence-electron chi connectivity index (χ2n) is 4.45. The molecule has 0 amide bonds. The molecule has 0 N–H and O–H groups in total. The van der Waals surface area contributed by atoms with Crippen LogP contribution in [-0.4, -0.2) is 0 Å². The predicted octanol–water partition coefficient (Wildman–Crippen LogP) is 4.44. The van der Waals surface area contributed by atoms with Crippen LogP contribution in [0.3, 0.4) is 0 Å². The fourth-order valence-electron chi connectivity index (χ4n) is 2.18. The quantitative estimate of drug-likeness (QED) is 0.683. The molecule has 0 atom stereocenters. The molecule has 2 aromatic rings. The van der Waals surface area contributed by atoms with E-state index >= 15 is 0 Å². The molecule has 16 heavy (non-hydrogen) atoms. The Labute approximate surface area is 96.9 Å². The van der Waals surface area contributed by atoms with Gasteiger partial charge in [0.1, 0.15) is 0 Å². The van der Waals surface area contributed by atoms with Crippen LogP contribution in [0, 0.1) is 6.42 Å². The van der Waals surface area contributed by atoms with Gasteiger partial charge in [-0.15, -0.1) is 0 Å². The summed E-state index contributed by atoms with van der Waals surface area (Å²) in [5.74, 6) is 0.782. The first-order valence-corrected chi connectivity index (χ1v) is 5.90. The van der Waals surface area contributed by atoms with E-state index in [9.17, 15) is 0 Å². The van der Waals surface area contributed by atoms with E-state index in [0.29, 0.717) is 0 Å². The van der Waals surface area contributed by atoms with Crippen molar-refractivity contribution in [3.63, 3.8) is 0 Å². The van der Waals surface area contributed by atoms with Gasteiger partial charge in [-0.1, -0.05) is 54.6 Å². The Morgan fingerprint density at radius 2 is 1.31 bits per heavy atom. The van der Waals surface area contributed by atoms with Gasteiger partial charge in [-0.2, -0.15) is 0 Å². The fourth-order valence-corrected chi connectivity index (χ4v) is 2.18. The van der Waals surface area contributed by atoms with Gasteiger partial charge >= 0.3 is 0 Å². The van der Waals surface area contributed by atoms with Gasteiger partial charge in [0.25, 0.3) is 0 Å². The van der Waals surface area contributed by atoms with Crippen LogP contribution < -0.4 is 0 Å². The smallest absolute Gasteiger partial charge is 0.0156 e. The van der Waals surface area contributed by atoms with Crippen LogP contribution in [0.25, 0.3) is 11.1 Å². The Balaban J connectivity index is 1.87. The van der Waals surface area contributed by atoms with Crippen LogP contribution in [-0.2, 0) is 0 Å². The molecule has 0 saturated heterocycles. The molecule has 0 bridgehead atoms. The van der Waals surface area contributed by atoms with Crippen molar-refractivity contribution in [1.29, 1.82) is 0 Å². The van der Waals surface area contributed by atoms with Gasteiger partial charge in [0.15, 0.2) is 0 Å². The molecule has 1 saturated carbocycles. The van der Waals surface area contributed by atoms with Gasteiger partial charge in [0.2, 0.25) is 0 Å². The molecular formula is C16H15. The summed E-state index contributed by atoms with van der Waals surface area (Å²) in [5, 5.41) is 0. The summed E-state index contributed by atoms with van der Waals surface area (Å²) >= 11 is 0. The Bertz CT molecular complexity index is 449. The lowest BCUT2D eigenvalue weighted by molar-refractivity contribution is 0.540. The van der Waals surface area contributed by atoms with E-state index in [1.807, 2.05) is 0 Å². The second-order valence-corrected chi connectivity index (χ2v) is 4.45. The van der Waals surface area contributed by atoms with Crippen molar-refractivity contribution in [2.75, 3.05) is 0 Å². The van der Waals surface area contributed by atoms with E-state index < -0.39 is 0 Å². The van der Waals surface area contributed by atoms with Crippen molar-refractivity contribution in [1.82, 2.24) is 0 Å². The lowest BCUT2D eigenvalue weighted by Gasteiger charge is -2.25. The topological polar surface area (TPSA) is 0 Å². The average molecular weight is 207 g/mol. The molecule has 0 nitrogen and oxygen atoms in total. The van der Waals surface area contributed by atoms with Crippen molar-refractivity contribution < 1.29 is 0 Å². The van der Waals surface area contributed by atoms with E-state index in [1.54, 1.807) is 0 Å². The minimum absolute atomic E-state index is 0.782. The highest BCUT2D eigenvalue weighted by molar-refractivity contribution is 5.63. The average Bonchev–Trinajstić information content (AvgIpc) is 2.29. The van der Waals surface area contributed by atoms with Gasteiger partial charge < -0.3 is 0 Å². The third-order valence-electron chi connectivity index (χ3n) is 3.39. The molecule has 1 fully saturated rings.